The van der Waals surface area contributed by atoms with Gasteiger partial charge >= 0.3 is 18.3 Å². The van der Waals surface area contributed by atoms with E-state index >= 15 is 0 Å². The average Bonchev–Trinajstić information content (AvgIpc) is 3.79. The monoisotopic (exact) mass is 732 g/mol. The van der Waals surface area contributed by atoms with Gasteiger partial charge in [0.1, 0.15) is 6.54 Å². The lowest BCUT2D eigenvalue weighted by Gasteiger charge is -2.11. The van der Waals surface area contributed by atoms with Gasteiger partial charge in [0, 0.05) is 23.5 Å². The Morgan fingerprint density at radius 2 is 1.09 bits per heavy atom. The van der Waals surface area contributed by atoms with Gasteiger partial charge < -0.3 is 10.2 Å². The van der Waals surface area contributed by atoms with Crippen LogP contribution in [0.4, 0.5) is 26.3 Å². The number of halogens is 6. The van der Waals surface area contributed by atoms with Crippen molar-refractivity contribution in [3.63, 3.8) is 0 Å². The van der Waals surface area contributed by atoms with Crippen molar-refractivity contribution in [2.24, 2.45) is 0 Å². The third kappa shape index (κ3) is 11.4. The molecule has 0 saturated carbocycles. The van der Waals surface area contributed by atoms with Crippen LogP contribution < -0.4 is 0 Å². The highest BCUT2D eigenvalue weighted by atomic mass is 19.4. The summed E-state index contributed by atoms with van der Waals surface area (Å²) in [6, 6.07) is 25.5. The summed E-state index contributed by atoms with van der Waals surface area (Å²) in [5.74, 6) is -1.00. The normalized spacial score (nSPS) is 11.2. The molecule has 4 aromatic carbocycles. The molecule has 0 amide bonds. The molecule has 2 aromatic heterocycles. The Bertz CT molecular complexity index is 2090. The summed E-state index contributed by atoms with van der Waals surface area (Å²) >= 11 is 0. The van der Waals surface area contributed by atoms with Crippen LogP contribution in [0.15, 0.2) is 122 Å². The van der Waals surface area contributed by atoms with E-state index in [4.69, 9.17) is 10.2 Å². The molecule has 7 nitrogen and oxygen atoms in total. The first-order valence-corrected chi connectivity index (χ1v) is 16.2. The first-order chi connectivity index (χ1) is 25.3. The number of carbonyl (C=O) groups is 1. The Morgan fingerprint density at radius 3 is 1.53 bits per heavy atom. The largest absolute Gasteiger partial charge is 0.480 e. The lowest BCUT2D eigenvalue weighted by Crippen LogP contribution is -2.08. The van der Waals surface area contributed by atoms with Crippen molar-refractivity contribution in [1.82, 2.24) is 19.6 Å². The minimum atomic E-state index is -4.38. The molecule has 0 fully saturated rings. The maximum atomic E-state index is 12.9. The van der Waals surface area contributed by atoms with E-state index in [0.29, 0.717) is 36.1 Å². The van der Waals surface area contributed by atoms with Crippen molar-refractivity contribution < 1.29 is 41.4 Å². The third-order valence-electron chi connectivity index (χ3n) is 7.85. The number of nitrogens with zero attached hydrogens (tertiary/aromatic N) is 4. The number of aliphatic hydroxyl groups is 1. The highest BCUT2D eigenvalue weighted by Crippen LogP contribution is 2.33. The number of aliphatic hydroxyl groups excluding tert-OH is 1. The molecule has 6 rings (SSSR count). The second-order valence-corrected chi connectivity index (χ2v) is 11.6. The van der Waals surface area contributed by atoms with Crippen molar-refractivity contribution in [1.29, 1.82) is 0 Å². The molecule has 274 valence electrons. The predicted octanol–water partition coefficient (Wildman–Crippen LogP) is 8.60. The number of benzene rings is 4. The summed E-state index contributed by atoms with van der Waals surface area (Å²) in [5, 5.41) is 26.0. The SMILES string of the molecule is O=C(O)Cn1cc(-c2ccccc2Cc2cccc(C(F)(F)F)c2)cn1.OCCn1cc(-c2ccccc2Cc2cccc(C(F)(F)F)c2)cn1.[B]C. The summed E-state index contributed by atoms with van der Waals surface area (Å²) < 4.78 is 80.3. The van der Waals surface area contributed by atoms with Gasteiger partial charge in [0.25, 0.3) is 0 Å². The molecule has 0 aliphatic heterocycles. The van der Waals surface area contributed by atoms with Crippen LogP contribution in [-0.4, -0.2) is 50.2 Å². The van der Waals surface area contributed by atoms with Crippen molar-refractivity contribution in [3.8, 4) is 22.3 Å². The maximum Gasteiger partial charge on any atom is 0.416 e. The Kier molecular flexibility index (Phi) is 13.8. The molecule has 0 aliphatic carbocycles. The minimum Gasteiger partial charge on any atom is -0.480 e. The molecule has 0 aliphatic rings. The van der Waals surface area contributed by atoms with E-state index in [9.17, 15) is 31.1 Å². The summed E-state index contributed by atoms with van der Waals surface area (Å²) in [7, 11) is 4.50. The van der Waals surface area contributed by atoms with E-state index in [1.165, 1.54) is 29.7 Å². The van der Waals surface area contributed by atoms with Crippen molar-refractivity contribution in [2.75, 3.05) is 6.61 Å². The number of hydrogen-bond donors (Lipinski definition) is 2. The first kappa shape index (κ1) is 40.2. The van der Waals surface area contributed by atoms with E-state index in [1.807, 2.05) is 54.7 Å². The van der Waals surface area contributed by atoms with E-state index in [-0.39, 0.29) is 13.2 Å². The number of rotatable bonds is 10. The Labute approximate surface area is 303 Å². The Balaban J connectivity index is 0.000000226. The van der Waals surface area contributed by atoms with E-state index in [1.54, 1.807) is 35.4 Å². The third-order valence-corrected chi connectivity index (χ3v) is 7.85. The van der Waals surface area contributed by atoms with Crippen molar-refractivity contribution >= 4 is 13.8 Å². The molecule has 6 aromatic rings. The lowest BCUT2D eigenvalue weighted by molar-refractivity contribution is -0.138. The molecule has 0 unspecified atom stereocenters. The number of alkyl halides is 6. The summed E-state index contributed by atoms with van der Waals surface area (Å²) in [5.41, 5.74) is 4.90. The van der Waals surface area contributed by atoms with Crippen LogP contribution in [0.2, 0.25) is 6.82 Å². The number of aliphatic carboxylic acids is 1. The van der Waals surface area contributed by atoms with Gasteiger partial charge in [0.15, 0.2) is 0 Å². The smallest absolute Gasteiger partial charge is 0.416 e. The highest BCUT2D eigenvalue weighted by Gasteiger charge is 2.31. The van der Waals surface area contributed by atoms with Crippen LogP contribution in [0.3, 0.4) is 0 Å². The number of carboxylic acid groups (broad SMARTS) is 1. The summed E-state index contributed by atoms with van der Waals surface area (Å²) in [4.78, 5) is 10.8. The van der Waals surface area contributed by atoms with E-state index < -0.39 is 29.4 Å². The zero-order valence-corrected chi connectivity index (χ0v) is 28.5. The number of hydrogen-bond acceptors (Lipinski definition) is 4. The fourth-order valence-corrected chi connectivity index (χ4v) is 5.52. The van der Waals surface area contributed by atoms with Gasteiger partial charge in [-0.25, -0.2) is 0 Å². The molecule has 2 radical (unpaired) electrons. The zero-order valence-electron chi connectivity index (χ0n) is 28.5. The van der Waals surface area contributed by atoms with Gasteiger partial charge in [0.05, 0.1) is 44.5 Å². The van der Waals surface area contributed by atoms with Crippen LogP contribution in [-0.2, 0) is 43.1 Å². The summed E-state index contributed by atoms with van der Waals surface area (Å²) in [6.07, 6.45) is -1.33. The minimum absolute atomic E-state index is 0.00694. The second-order valence-electron chi connectivity index (χ2n) is 11.6. The van der Waals surface area contributed by atoms with Crippen LogP contribution in [0.25, 0.3) is 22.3 Å². The summed E-state index contributed by atoms with van der Waals surface area (Å²) in [6.45, 7) is 1.64. The molecule has 0 spiro atoms. The van der Waals surface area contributed by atoms with Crippen molar-refractivity contribution in [2.45, 2.75) is 45.1 Å². The Morgan fingerprint density at radius 1 is 0.660 bits per heavy atom. The predicted molar refractivity (Wildman–Crippen MR) is 190 cm³/mol. The van der Waals surface area contributed by atoms with Crippen LogP contribution in [0.1, 0.15) is 33.4 Å². The molecule has 0 bridgehead atoms. The molecule has 2 heterocycles. The van der Waals surface area contributed by atoms with E-state index in [2.05, 4.69) is 18.0 Å². The fraction of sp³-hybridized carbons (Fsp3) is 0.205. The zero-order chi connectivity index (χ0) is 38.6. The molecule has 2 N–H and O–H groups in total. The fourth-order valence-electron chi connectivity index (χ4n) is 5.52. The molecule has 0 saturated heterocycles. The van der Waals surface area contributed by atoms with E-state index in [0.717, 1.165) is 46.0 Å². The van der Waals surface area contributed by atoms with Gasteiger partial charge in [-0.2, -0.15) is 36.5 Å². The lowest BCUT2D eigenvalue weighted by atomic mass is 9.96. The molecular formula is C39H35BF6N4O3. The van der Waals surface area contributed by atoms with Gasteiger partial charge in [-0.05, 0) is 58.4 Å². The van der Waals surface area contributed by atoms with Crippen LogP contribution in [0.5, 0.6) is 0 Å². The van der Waals surface area contributed by atoms with Gasteiger partial charge in [-0.15, -0.1) is 0 Å². The number of aromatic nitrogens is 4. The van der Waals surface area contributed by atoms with Crippen LogP contribution in [0, 0.1) is 0 Å². The number of carboxylic acids is 1. The molecular weight excluding hydrogens is 697 g/mol. The topological polar surface area (TPSA) is 93.2 Å². The maximum absolute atomic E-state index is 12.9. The van der Waals surface area contributed by atoms with Gasteiger partial charge in [0.2, 0.25) is 0 Å². The van der Waals surface area contributed by atoms with Gasteiger partial charge in [-0.3, -0.25) is 14.2 Å². The first-order valence-electron chi connectivity index (χ1n) is 16.2. The van der Waals surface area contributed by atoms with Gasteiger partial charge in [-0.1, -0.05) is 91.8 Å². The van der Waals surface area contributed by atoms with Crippen LogP contribution >= 0.6 is 0 Å². The van der Waals surface area contributed by atoms with Crippen molar-refractivity contribution in [3.05, 3.63) is 155 Å². The molecule has 0 atom stereocenters. The molecule has 53 heavy (non-hydrogen) atoms. The quantitative estimate of drug-likeness (QED) is 0.109. The highest BCUT2D eigenvalue weighted by molar-refractivity contribution is 6.05. The molecule has 14 heteroatoms. The second kappa shape index (κ2) is 18.2. The average molecular weight is 733 g/mol. The Hall–Kier alpha value is -5.63. The standard InChI is InChI=1S/C19H15F3N2O2.C19H17F3N2O.CH3B/c20-19(21,22)16-6-3-4-13(9-16)8-14-5-1-2-7-17(14)15-10-23-24(11-15)12-18(25)26;20-19(21,22)17-6-3-4-14(11-17)10-15-5-1-2-7-18(15)16-12-23-24(13-16)8-9-25;1-2/h1-7,9-11H,8,12H2,(H,25,26);1-7,11-13,25H,8-10H2;1H3.